The van der Waals surface area contributed by atoms with E-state index in [4.69, 9.17) is 4.74 Å². The summed E-state index contributed by atoms with van der Waals surface area (Å²) in [5.74, 6) is -2.18. The Morgan fingerprint density at radius 1 is 1.19 bits per heavy atom. The Labute approximate surface area is 175 Å². The van der Waals surface area contributed by atoms with Gasteiger partial charge in [-0.15, -0.1) is 0 Å². The molecule has 31 heavy (non-hydrogen) atoms. The topological polar surface area (TPSA) is 214 Å². The molecule has 1 aromatic carbocycles. The van der Waals surface area contributed by atoms with Gasteiger partial charge < -0.3 is 9.84 Å². The monoisotopic (exact) mass is 475 g/mol. The van der Waals surface area contributed by atoms with Crippen LogP contribution in [0.25, 0.3) is 0 Å². The minimum absolute atomic E-state index is 0.120. The molecule has 16 heteroatoms. The van der Waals surface area contributed by atoms with E-state index in [1.807, 2.05) is 5.32 Å². The van der Waals surface area contributed by atoms with Crippen LogP contribution < -0.4 is 25.1 Å². The summed E-state index contributed by atoms with van der Waals surface area (Å²) in [7, 11) is -7.11. The van der Waals surface area contributed by atoms with Crippen LogP contribution in [0, 0.1) is 0 Å². The van der Waals surface area contributed by atoms with Gasteiger partial charge in [-0.1, -0.05) is 6.07 Å². The van der Waals surface area contributed by atoms with Crippen molar-refractivity contribution in [2.75, 3.05) is 18.7 Å². The van der Waals surface area contributed by atoms with Crippen LogP contribution >= 0.6 is 0 Å². The van der Waals surface area contributed by atoms with E-state index in [1.54, 1.807) is 4.72 Å². The highest BCUT2D eigenvalue weighted by molar-refractivity contribution is 7.90. The fourth-order valence-corrected chi connectivity index (χ4v) is 3.78. The molecular weight excluding hydrogens is 458 g/mol. The van der Waals surface area contributed by atoms with Crippen LogP contribution in [0.3, 0.4) is 0 Å². The van der Waals surface area contributed by atoms with Gasteiger partial charge in [0.1, 0.15) is 4.90 Å². The van der Waals surface area contributed by atoms with Gasteiger partial charge in [0.05, 0.1) is 25.0 Å². The van der Waals surface area contributed by atoms with E-state index in [0.29, 0.717) is 0 Å². The van der Waals surface area contributed by atoms with Crippen molar-refractivity contribution in [3.8, 4) is 5.88 Å². The van der Waals surface area contributed by atoms with Gasteiger partial charge in [0.2, 0.25) is 21.9 Å². The molecule has 0 aliphatic carbocycles. The van der Waals surface area contributed by atoms with Crippen molar-refractivity contribution in [2.24, 2.45) is 0 Å². The fourth-order valence-electron chi connectivity index (χ4n) is 2.20. The smallest absolute Gasteiger partial charge is 0.337 e. The number of benzene rings is 1. The van der Waals surface area contributed by atoms with E-state index in [9.17, 15) is 36.3 Å². The number of carboxylic acids is 1. The Bertz CT molecular complexity index is 1290. The third-order valence-corrected chi connectivity index (χ3v) is 5.53. The second-order valence-electron chi connectivity index (χ2n) is 5.92. The summed E-state index contributed by atoms with van der Waals surface area (Å²) in [6.07, 6.45) is 0.888. The van der Waals surface area contributed by atoms with Gasteiger partial charge in [-0.2, -0.15) is 4.98 Å². The van der Waals surface area contributed by atoms with Gasteiger partial charge in [-0.25, -0.2) is 35.9 Å². The average molecular weight is 475 g/mol. The molecule has 0 atom stereocenters. The van der Waals surface area contributed by atoms with Crippen molar-refractivity contribution in [3.63, 3.8) is 0 Å². The number of carboxylic acid groups (broad SMARTS) is 1. The lowest BCUT2D eigenvalue weighted by Crippen LogP contribution is -2.36. The minimum Gasteiger partial charge on any atom is -0.481 e. The van der Waals surface area contributed by atoms with Gasteiger partial charge in [0.25, 0.3) is 15.6 Å². The summed E-state index contributed by atoms with van der Waals surface area (Å²) in [4.78, 5) is 40.0. The first-order valence-electron chi connectivity index (χ1n) is 8.11. The number of anilines is 1. The SMILES string of the molecule is COc1cc(=O)[nH]c(NC(=O)NS(=O)(=O)c2cc(CNS(C)(=O)=O)ccc2C(=O)O)n1. The molecule has 0 unspecified atom stereocenters. The lowest BCUT2D eigenvalue weighted by atomic mass is 10.1. The van der Waals surface area contributed by atoms with Crippen molar-refractivity contribution in [2.45, 2.75) is 11.4 Å². The van der Waals surface area contributed by atoms with Crippen LogP contribution in [-0.4, -0.2) is 57.3 Å². The Kier molecular flexibility index (Phi) is 6.98. The number of amides is 2. The van der Waals surface area contributed by atoms with Crippen LogP contribution in [0.15, 0.2) is 34.0 Å². The number of aromatic nitrogens is 2. The maximum absolute atomic E-state index is 12.6. The number of hydrogen-bond acceptors (Lipinski definition) is 9. The molecule has 1 aromatic heterocycles. The second kappa shape index (κ2) is 9.11. The largest absolute Gasteiger partial charge is 0.481 e. The lowest BCUT2D eigenvalue weighted by Gasteiger charge is -2.12. The van der Waals surface area contributed by atoms with Crippen LogP contribution in [0.4, 0.5) is 10.7 Å². The first kappa shape index (κ1) is 23.8. The third-order valence-electron chi connectivity index (χ3n) is 3.49. The average Bonchev–Trinajstić information content (AvgIpc) is 2.64. The second-order valence-corrected chi connectivity index (χ2v) is 9.41. The molecule has 0 fully saturated rings. The van der Waals surface area contributed by atoms with Crippen molar-refractivity contribution in [1.82, 2.24) is 19.4 Å². The van der Waals surface area contributed by atoms with Gasteiger partial charge in [0.15, 0.2) is 0 Å². The normalized spacial score (nSPS) is 11.5. The molecular formula is C15H17N5O9S2. The molecule has 0 aliphatic heterocycles. The van der Waals surface area contributed by atoms with Gasteiger partial charge in [-0.05, 0) is 17.7 Å². The summed E-state index contributed by atoms with van der Waals surface area (Å²) >= 11 is 0. The Morgan fingerprint density at radius 3 is 2.45 bits per heavy atom. The maximum Gasteiger partial charge on any atom is 0.337 e. The molecule has 0 radical (unpaired) electrons. The number of carbonyl (C=O) groups is 2. The van der Waals surface area contributed by atoms with E-state index in [1.165, 1.54) is 13.2 Å². The zero-order chi connectivity index (χ0) is 23.4. The molecule has 1 heterocycles. The highest BCUT2D eigenvalue weighted by atomic mass is 32.2. The number of sulfonamides is 2. The molecule has 0 saturated carbocycles. The number of carbonyl (C=O) groups excluding carboxylic acids is 1. The Hall–Kier alpha value is -3.50. The first-order chi connectivity index (χ1) is 14.3. The Balaban J connectivity index is 2.32. The number of aromatic carboxylic acids is 1. The number of nitrogens with zero attached hydrogens (tertiary/aromatic N) is 1. The molecule has 14 nitrogen and oxygen atoms in total. The molecule has 5 N–H and O–H groups in total. The summed E-state index contributed by atoms with van der Waals surface area (Å²) in [5.41, 5.74) is -1.23. The van der Waals surface area contributed by atoms with Crippen LogP contribution in [-0.2, 0) is 26.6 Å². The quantitative estimate of drug-likeness (QED) is 0.315. The van der Waals surface area contributed by atoms with E-state index in [2.05, 4.69) is 14.7 Å². The molecule has 2 aromatic rings. The van der Waals surface area contributed by atoms with Crippen molar-refractivity contribution in [3.05, 3.63) is 45.7 Å². The molecule has 168 valence electrons. The number of H-pyrrole nitrogens is 1. The predicted molar refractivity (Wildman–Crippen MR) is 106 cm³/mol. The van der Waals surface area contributed by atoms with Crippen LogP contribution in [0.2, 0.25) is 0 Å². The van der Waals surface area contributed by atoms with Crippen molar-refractivity contribution < 1.29 is 36.3 Å². The van der Waals surface area contributed by atoms with Crippen LogP contribution in [0.1, 0.15) is 15.9 Å². The maximum atomic E-state index is 12.6. The summed E-state index contributed by atoms with van der Waals surface area (Å²) < 4.78 is 56.1. The number of ether oxygens (including phenoxy) is 1. The number of hydrogen-bond donors (Lipinski definition) is 5. The zero-order valence-electron chi connectivity index (χ0n) is 16.0. The highest BCUT2D eigenvalue weighted by Gasteiger charge is 2.25. The highest BCUT2D eigenvalue weighted by Crippen LogP contribution is 2.18. The molecule has 0 saturated heterocycles. The number of urea groups is 1. The third kappa shape index (κ3) is 6.76. The van der Waals surface area contributed by atoms with Gasteiger partial charge in [-0.3, -0.25) is 15.1 Å². The standard InChI is InChI=1S/C15H17N5O9S2/c1-29-12-6-11(21)17-14(18-12)19-15(24)20-31(27,28)10-5-8(7-16-30(2,25)26)3-4-9(10)13(22)23/h3-6,16H,7H2,1-2H3,(H,22,23)(H3,17,18,19,20,21,24). The molecule has 2 amide bonds. The van der Waals surface area contributed by atoms with Crippen LogP contribution in [0.5, 0.6) is 5.88 Å². The number of rotatable bonds is 8. The van der Waals surface area contributed by atoms with Gasteiger partial charge in [0, 0.05) is 6.54 Å². The summed E-state index contributed by atoms with van der Waals surface area (Å²) in [6.45, 7) is -0.317. The van der Waals surface area contributed by atoms with Crippen molar-refractivity contribution >= 4 is 38.0 Å². The number of methoxy groups -OCH3 is 1. The fraction of sp³-hybridized carbons (Fsp3) is 0.200. The molecule has 0 aliphatic rings. The molecule has 0 spiro atoms. The van der Waals surface area contributed by atoms with E-state index < -0.39 is 54.0 Å². The predicted octanol–water partition coefficient (Wildman–Crippen LogP) is -0.964. The zero-order valence-corrected chi connectivity index (χ0v) is 17.6. The van der Waals surface area contributed by atoms with E-state index >= 15 is 0 Å². The van der Waals surface area contributed by atoms with Crippen molar-refractivity contribution in [1.29, 1.82) is 0 Å². The lowest BCUT2D eigenvalue weighted by molar-refractivity contribution is 0.0692. The Morgan fingerprint density at radius 2 is 1.87 bits per heavy atom. The number of nitrogens with one attached hydrogen (secondary N) is 4. The summed E-state index contributed by atoms with van der Waals surface area (Å²) in [5, 5.41) is 11.2. The van der Waals surface area contributed by atoms with E-state index in [-0.39, 0.29) is 18.0 Å². The molecule has 0 bridgehead atoms. The minimum atomic E-state index is -4.73. The van der Waals surface area contributed by atoms with E-state index in [0.717, 1.165) is 24.5 Å². The molecule has 2 rings (SSSR count). The number of aromatic amines is 1. The summed E-state index contributed by atoms with van der Waals surface area (Å²) in [6, 6.07) is 2.70. The van der Waals surface area contributed by atoms with Gasteiger partial charge >= 0.3 is 12.0 Å². The first-order valence-corrected chi connectivity index (χ1v) is 11.5.